The molecule has 4 aromatic heterocycles. The molecule has 15 heteroatoms. The molecule has 264 valence electrons. The van der Waals surface area contributed by atoms with Gasteiger partial charge in [-0.3, -0.25) is 9.59 Å². The fourth-order valence-corrected chi connectivity index (χ4v) is 6.84. The van der Waals surface area contributed by atoms with E-state index in [0.29, 0.717) is 36.1 Å². The first-order valence-electron chi connectivity index (χ1n) is 16.3. The quantitative estimate of drug-likeness (QED) is 0.215. The second-order valence-corrected chi connectivity index (χ2v) is 13.3. The van der Waals surface area contributed by atoms with E-state index in [-0.39, 0.29) is 40.1 Å². The Morgan fingerprint density at radius 1 is 1.12 bits per heavy atom. The predicted octanol–water partition coefficient (Wildman–Crippen LogP) is 4.16. The van der Waals surface area contributed by atoms with Gasteiger partial charge in [0.25, 0.3) is 0 Å². The fraction of sp³-hybridized carbons (Fsp3) is 0.306. The zero-order chi connectivity index (χ0) is 36.0. The van der Waals surface area contributed by atoms with Crippen LogP contribution in [0, 0.1) is 5.82 Å². The average Bonchev–Trinajstić information content (AvgIpc) is 3.51. The van der Waals surface area contributed by atoms with Crippen LogP contribution >= 0.6 is 11.6 Å². The average molecular weight is 716 g/mol. The number of anilines is 2. The number of ether oxygens (including phenoxy) is 2. The number of likely N-dealkylation sites (N-methyl/N-ethyl adjacent to an activating group) is 1. The summed E-state index contributed by atoms with van der Waals surface area (Å²) >= 11 is 6.37. The van der Waals surface area contributed by atoms with Crippen molar-refractivity contribution in [1.29, 1.82) is 0 Å². The van der Waals surface area contributed by atoms with Crippen molar-refractivity contribution in [1.82, 2.24) is 24.4 Å². The van der Waals surface area contributed by atoms with Crippen LogP contribution in [0.25, 0.3) is 16.6 Å². The van der Waals surface area contributed by atoms with E-state index in [1.807, 2.05) is 25.1 Å². The minimum absolute atomic E-state index is 0.0680. The number of carboxylic acids is 1. The number of pyridine rings is 4. The van der Waals surface area contributed by atoms with Crippen LogP contribution in [0.15, 0.2) is 76.7 Å². The van der Waals surface area contributed by atoms with Gasteiger partial charge in [-0.1, -0.05) is 17.7 Å². The van der Waals surface area contributed by atoms with E-state index in [0.717, 1.165) is 30.5 Å². The molecule has 51 heavy (non-hydrogen) atoms. The van der Waals surface area contributed by atoms with Gasteiger partial charge < -0.3 is 38.8 Å². The highest BCUT2D eigenvalue weighted by atomic mass is 35.5. The molecule has 2 fully saturated rings. The van der Waals surface area contributed by atoms with E-state index in [4.69, 9.17) is 21.1 Å². The Kier molecular flexibility index (Phi) is 9.12. The number of methoxy groups -OCH3 is 1. The number of hydrogen-bond donors (Lipinski definition) is 2. The summed E-state index contributed by atoms with van der Waals surface area (Å²) in [5, 5.41) is 10.1. The summed E-state index contributed by atoms with van der Waals surface area (Å²) in [5.74, 6) is -1.02. The molecule has 0 saturated carbocycles. The van der Waals surface area contributed by atoms with Crippen LogP contribution in [0.3, 0.4) is 0 Å². The highest BCUT2D eigenvalue weighted by Crippen LogP contribution is 2.38. The number of carbonyl (C=O) groups is 1. The van der Waals surface area contributed by atoms with Gasteiger partial charge in [0.2, 0.25) is 22.7 Å². The van der Waals surface area contributed by atoms with Gasteiger partial charge in [-0.2, -0.15) is 4.98 Å². The minimum Gasteiger partial charge on any atom is -0.481 e. The first-order chi connectivity index (χ1) is 24.5. The second-order valence-electron chi connectivity index (χ2n) is 12.9. The Morgan fingerprint density at radius 2 is 1.92 bits per heavy atom. The van der Waals surface area contributed by atoms with E-state index < -0.39 is 28.8 Å². The lowest BCUT2D eigenvalue weighted by Gasteiger charge is -2.43. The zero-order valence-corrected chi connectivity index (χ0v) is 28.8. The Labute approximate surface area is 296 Å². The van der Waals surface area contributed by atoms with Crippen LogP contribution in [-0.2, 0) is 0 Å². The van der Waals surface area contributed by atoms with Crippen molar-refractivity contribution in [3.05, 3.63) is 110 Å². The molecule has 2 atom stereocenters. The van der Waals surface area contributed by atoms with E-state index in [2.05, 4.69) is 24.8 Å². The van der Waals surface area contributed by atoms with Crippen LogP contribution in [0.1, 0.15) is 28.3 Å². The van der Waals surface area contributed by atoms with Gasteiger partial charge in [-0.15, -0.1) is 0 Å². The lowest BCUT2D eigenvalue weighted by molar-refractivity contribution is 0.0695. The number of aromatic amines is 1. The fourth-order valence-electron chi connectivity index (χ4n) is 6.68. The molecule has 0 aliphatic carbocycles. The van der Waals surface area contributed by atoms with Gasteiger partial charge in [0.1, 0.15) is 28.8 Å². The molecule has 0 spiro atoms. The van der Waals surface area contributed by atoms with E-state index in [1.165, 1.54) is 19.4 Å². The first-order valence-corrected chi connectivity index (χ1v) is 16.7. The van der Waals surface area contributed by atoms with Gasteiger partial charge in [0.15, 0.2) is 0 Å². The molecule has 2 N–H and O–H groups in total. The standard InChI is InChI=1S/C36H35ClFN7O6/c1-42(2)24-16-43(17-24)31-7-5-22(14-39-31)45-18-26(36(48)49)34(47)25-11-28(38)30(12-29(25)45)44-15-21(20-4-8-32(46)40-13-20)10-23(44)19-51-35-27(37)6-9-33(41-35)50-3/h4-9,11-14,18,21,23-24H,10,15-17,19H2,1-3H3,(H,40,46)(H,48,49). The zero-order valence-electron chi connectivity index (χ0n) is 28.0. The lowest BCUT2D eigenvalue weighted by atomic mass is 9.98. The van der Waals surface area contributed by atoms with Crippen molar-refractivity contribution in [3.8, 4) is 17.4 Å². The molecular formula is C36H35ClFN7O6. The molecule has 13 nitrogen and oxygen atoms in total. The van der Waals surface area contributed by atoms with E-state index >= 15 is 4.39 Å². The molecule has 2 aliphatic heterocycles. The number of fused-ring (bicyclic) bond motifs is 1. The SMILES string of the molecule is COc1ccc(Cl)c(OCC2CC(c3ccc(=O)[nH]c3)CN2c2cc3c(cc2F)c(=O)c(C(=O)O)cn3-c2ccc(N3CC(N(C)C)C3)nc2)n1. The predicted molar refractivity (Wildman–Crippen MR) is 191 cm³/mol. The monoisotopic (exact) mass is 715 g/mol. The minimum atomic E-state index is -1.43. The number of hydrogen-bond acceptors (Lipinski definition) is 10. The van der Waals surface area contributed by atoms with Gasteiger partial charge >= 0.3 is 5.97 Å². The highest BCUT2D eigenvalue weighted by Gasteiger charge is 2.36. The molecule has 0 radical (unpaired) electrons. The third-order valence-electron chi connectivity index (χ3n) is 9.64. The van der Waals surface area contributed by atoms with Crippen LogP contribution < -0.4 is 30.3 Å². The molecule has 2 saturated heterocycles. The summed E-state index contributed by atoms with van der Waals surface area (Å²) in [6, 6.07) is 12.7. The van der Waals surface area contributed by atoms with Crippen LogP contribution in [-0.4, -0.2) is 95.0 Å². The van der Waals surface area contributed by atoms with Gasteiger partial charge in [-0.25, -0.2) is 14.2 Å². The van der Waals surface area contributed by atoms with E-state index in [9.17, 15) is 19.5 Å². The maximum absolute atomic E-state index is 16.3. The topological polar surface area (TPSA) is 146 Å². The van der Waals surface area contributed by atoms with Crippen LogP contribution in [0.5, 0.6) is 11.8 Å². The third-order valence-corrected chi connectivity index (χ3v) is 9.93. The normalized spacial score (nSPS) is 17.6. The third kappa shape index (κ3) is 6.59. The first kappa shape index (κ1) is 34.0. The summed E-state index contributed by atoms with van der Waals surface area (Å²) in [4.78, 5) is 55.2. The molecule has 5 aromatic rings. The number of H-pyrrole nitrogens is 1. The summed E-state index contributed by atoms with van der Waals surface area (Å²) in [6.07, 6.45) is 5.03. The summed E-state index contributed by atoms with van der Waals surface area (Å²) in [7, 11) is 5.55. The number of aromatic carboxylic acids is 1. The number of carboxylic acid groups (broad SMARTS) is 1. The molecule has 2 unspecified atom stereocenters. The number of nitrogens with one attached hydrogen (secondary N) is 1. The molecular weight excluding hydrogens is 681 g/mol. The van der Waals surface area contributed by atoms with Gasteiger partial charge in [-0.05, 0) is 56.4 Å². The number of nitrogens with zero attached hydrogens (tertiary/aromatic N) is 6. The largest absolute Gasteiger partial charge is 0.481 e. The van der Waals surface area contributed by atoms with Crippen molar-refractivity contribution in [2.45, 2.75) is 24.4 Å². The Hall–Kier alpha value is -5.47. The molecule has 1 aromatic carbocycles. The lowest BCUT2D eigenvalue weighted by Crippen LogP contribution is -2.57. The van der Waals surface area contributed by atoms with Gasteiger partial charge in [0, 0.05) is 61.5 Å². The van der Waals surface area contributed by atoms with Crippen molar-refractivity contribution in [3.63, 3.8) is 0 Å². The molecule has 0 bridgehead atoms. The number of halogens is 2. The van der Waals surface area contributed by atoms with Crippen molar-refractivity contribution < 1.29 is 23.8 Å². The molecule has 0 amide bonds. The maximum atomic E-state index is 16.3. The Morgan fingerprint density at radius 3 is 2.59 bits per heavy atom. The van der Waals surface area contributed by atoms with E-state index in [1.54, 1.807) is 47.3 Å². The van der Waals surface area contributed by atoms with Crippen molar-refractivity contribution in [2.75, 3.05) is 57.2 Å². The summed E-state index contributed by atoms with van der Waals surface area (Å²) in [6.45, 7) is 2.07. The maximum Gasteiger partial charge on any atom is 0.341 e. The highest BCUT2D eigenvalue weighted by molar-refractivity contribution is 6.31. The molecule has 7 rings (SSSR count). The van der Waals surface area contributed by atoms with Crippen molar-refractivity contribution in [2.24, 2.45) is 0 Å². The number of benzene rings is 1. The molecule has 2 aliphatic rings. The summed E-state index contributed by atoms with van der Waals surface area (Å²) < 4.78 is 29.1. The van der Waals surface area contributed by atoms with Gasteiger partial charge in [0.05, 0.1) is 36.2 Å². The summed E-state index contributed by atoms with van der Waals surface area (Å²) in [5.41, 5.74) is 0.306. The Balaban J connectivity index is 1.29. The second kappa shape index (κ2) is 13.7. The molecule has 6 heterocycles. The Bertz CT molecular complexity index is 2220. The van der Waals surface area contributed by atoms with Crippen LogP contribution in [0.2, 0.25) is 5.02 Å². The number of aromatic nitrogens is 4. The smallest absolute Gasteiger partial charge is 0.341 e. The van der Waals surface area contributed by atoms with Crippen molar-refractivity contribution >= 4 is 40.0 Å². The number of rotatable bonds is 10. The van der Waals surface area contributed by atoms with Crippen LogP contribution in [0.4, 0.5) is 15.9 Å².